The molecule has 0 aliphatic carbocycles. The summed E-state index contributed by atoms with van der Waals surface area (Å²) in [6, 6.07) is 3.78. The molecule has 0 aliphatic rings. The minimum Gasteiger partial charge on any atom is -0.444 e. The number of halogens is 1. The number of amides is 3. The molecule has 0 unspecified atom stereocenters. The first-order valence-corrected chi connectivity index (χ1v) is 7.12. The first-order chi connectivity index (χ1) is 10.2. The van der Waals surface area contributed by atoms with E-state index in [1.807, 2.05) is 4.72 Å². The van der Waals surface area contributed by atoms with Gasteiger partial charge in [0.15, 0.2) is 0 Å². The van der Waals surface area contributed by atoms with Crippen molar-refractivity contribution in [1.82, 2.24) is 10.0 Å². The number of ether oxygens (including phenoxy) is 1. The van der Waals surface area contributed by atoms with Crippen LogP contribution in [-0.4, -0.2) is 24.3 Å². The SMILES string of the molecule is CC(C)(C)OC(=O)NCCc1ccc(NC(=O)NS)c(F)c1. The fraction of sp³-hybridized carbons (Fsp3) is 0.429. The number of benzene rings is 1. The molecule has 1 aromatic carbocycles. The topological polar surface area (TPSA) is 79.5 Å². The van der Waals surface area contributed by atoms with Gasteiger partial charge in [0.1, 0.15) is 11.4 Å². The first kappa shape index (κ1) is 18.1. The van der Waals surface area contributed by atoms with Crippen molar-refractivity contribution < 1.29 is 18.7 Å². The molecule has 0 aliphatic heterocycles. The van der Waals surface area contributed by atoms with Crippen molar-refractivity contribution in [3.05, 3.63) is 29.6 Å². The summed E-state index contributed by atoms with van der Waals surface area (Å²) in [6.45, 7) is 5.64. The standard InChI is InChI=1S/C14H20FN3O3S/c1-14(2,3)21-13(20)16-7-6-9-4-5-11(10(15)8-9)17-12(19)18-22/h4-5,8,22H,6-7H2,1-3H3,(H,16,20)(H2,17,18,19). The molecule has 6 nitrogen and oxygen atoms in total. The number of hydrogen-bond acceptors (Lipinski definition) is 4. The fourth-order valence-corrected chi connectivity index (χ4v) is 1.64. The average molecular weight is 329 g/mol. The molecule has 122 valence electrons. The molecule has 1 rings (SSSR count). The van der Waals surface area contributed by atoms with Gasteiger partial charge in [-0.05, 0) is 44.9 Å². The van der Waals surface area contributed by atoms with E-state index in [0.29, 0.717) is 18.5 Å². The molecule has 3 N–H and O–H groups in total. The van der Waals surface area contributed by atoms with Gasteiger partial charge in [0.25, 0.3) is 0 Å². The molecule has 0 spiro atoms. The summed E-state index contributed by atoms with van der Waals surface area (Å²) >= 11 is 3.56. The van der Waals surface area contributed by atoms with E-state index < -0.39 is 23.5 Å². The minimum atomic E-state index is -0.624. The second kappa shape index (κ2) is 7.88. The zero-order valence-corrected chi connectivity index (χ0v) is 13.6. The maximum Gasteiger partial charge on any atom is 0.407 e. The summed E-state index contributed by atoms with van der Waals surface area (Å²) in [7, 11) is 0. The molecule has 0 fully saturated rings. The highest BCUT2D eigenvalue weighted by atomic mass is 32.1. The Kier molecular flexibility index (Phi) is 6.48. The molecule has 0 heterocycles. The Bertz CT molecular complexity index is 547. The molecule has 0 aromatic heterocycles. The lowest BCUT2D eigenvalue weighted by Crippen LogP contribution is -2.33. The van der Waals surface area contributed by atoms with Gasteiger partial charge in [-0.25, -0.2) is 14.0 Å². The molecule has 0 bridgehead atoms. The molecule has 22 heavy (non-hydrogen) atoms. The monoisotopic (exact) mass is 329 g/mol. The number of anilines is 1. The largest absolute Gasteiger partial charge is 0.444 e. The highest BCUT2D eigenvalue weighted by Crippen LogP contribution is 2.16. The highest BCUT2D eigenvalue weighted by Gasteiger charge is 2.15. The molecular weight excluding hydrogens is 309 g/mol. The van der Waals surface area contributed by atoms with Crippen molar-refractivity contribution in [2.24, 2.45) is 0 Å². The van der Waals surface area contributed by atoms with Crippen molar-refractivity contribution in [3.8, 4) is 0 Å². The van der Waals surface area contributed by atoms with E-state index in [2.05, 4.69) is 23.4 Å². The van der Waals surface area contributed by atoms with Crippen LogP contribution in [0, 0.1) is 5.82 Å². The Hall–Kier alpha value is -1.96. The number of carbonyl (C=O) groups is 2. The smallest absolute Gasteiger partial charge is 0.407 e. The summed E-state index contributed by atoms with van der Waals surface area (Å²) in [5.41, 5.74) is 0.178. The molecule has 0 saturated heterocycles. The highest BCUT2D eigenvalue weighted by molar-refractivity contribution is 7.78. The number of thiol groups is 1. The van der Waals surface area contributed by atoms with Crippen molar-refractivity contribution in [2.45, 2.75) is 32.8 Å². The maximum absolute atomic E-state index is 13.8. The van der Waals surface area contributed by atoms with Gasteiger partial charge < -0.3 is 15.4 Å². The van der Waals surface area contributed by atoms with Crippen LogP contribution >= 0.6 is 12.8 Å². The van der Waals surface area contributed by atoms with Crippen molar-refractivity contribution in [3.63, 3.8) is 0 Å². The second-order valence-corrected chi connectivity index (χ2v) is 5.78. The van der Waals surface area contributed by atoms with Crippen molar-refractivity contribution in [2.75, 3.05) is 11.9 Å². The van der Waals surface area contributed by atoms with E-state index in [0.717, 1.165) is 0 Å². The Morgan fingerprint density at radius 3 is 2.55 bits per heavy atom. The van der Waals surface area contributed by atoms with Gasteiger partial charge >= 0.3 is 12.1 Å². The molecule has 1 aromatic rings. The van der Waals surface area contributed by atoms with Crippen LogP contribution in [0.2, 0.25) is 0 Å². The Balaban J connectivity index is 2.49. The fourth-order valence-electron chi connectivity index (χ4n) is 1.59. The van der Waals surface area contributed by atoms with Crippen molar-refractivity contribution >= 4 is 30.6 Å². The summed E-state index contributed by atoms with van der Waals surface area (Å²) in [5, 5.41) is 4.89. The molecule has 3 amide bonds. The number of rotatable bonds is 4. The average Bonchev–Trinajstić information content (AvgIpc) is 2.39. The Labute approximate surface area is 134 Å². The maximum atomic E-state index is 13.8. The molecule has 8 heteroatoms. The zero-order valence-electron chi connectivity index (χ0n) is 12.7. The first-order valence-electron chi connectivity index (χ1n) is 6.67. The third kappa shape index (κ3) is 6.66. The van der Waals surface area contributed by atoms with Crippen molar-refractivity contribution in [1.29, 1.82) is 0 Å². The van der Waals surface area contributed by atoms with Crippen LogP contribution in [0.1, 0.15) is 26.3 Å². The summed E-state index contributed by atoms with van der Waals surface area (Å²) < 4.78 is 20.9. The van der Waals surface area contributed by atoms with Crippen LogP contribution in [0.25, 0.3) is 0 Å². The normalized spacial score (nSPS) is 10.8. The van der Waals surface area contributed by atoms with E-state index in [1.54, 1.807) is 26.8 Å². The molecule has 0 radical (unpaired) electrons. The van der Waals surface area contributed by atoms with Gasteiger partial charge in [-0.15, -0.1) is 0 Å². The Morgan fingerprint density at radius 1 is 1.32 bits per heavy atom. The van der Waals surface area contributed by atoms with E-state index in [9.17, 15) is 14.0 Å². The predicted molar refractivity (Wildman–Crippen MR) is 85.5 cm³/mol. The van der Waals surface area contributed by atoms with E-state index in [4.69, 9.17) is 4.74 Å². The van der Waals surface area contributed by atoms with Crippen LogP contribution < -0.4 is 15.4 Å². The predicted octanol–water partition coefficient (Wildman–Crippen LogP) is 2.86. The van der Waals surface area contributed by atoms with Gasteiger partial charge in [-0.2, -0.15) is 0 Å². The van der Waals surface area contributed by atoms with Crippen LogP contribution in [0.5, 0.6) is 0 Å². The van der Waals surface area contributed by atoms with E-state index in [-0.39, 0.29) is 5.69 Å². The van der Waals surface area contributed by atoms with Crippen LogP contribution in [0.4, 0.5) is 19.7 Å². The summed E-state index contributed by atoms with van der Waals surface area (Å²) in [5.74, 6) is -0.563. The summed E-state index contributed by atoms with van der Waals surface area (Å²) in [6.07, 6.45) is -0.0772. The van der Waals surface area contributed by atoms with E-state index >= 15 is 0 Å². The third-order valence-corrected chi connectivity index (χ3v) is 2.67. The van der Waals surface area contributed by atoms with Gasteiger partial charge in [-0.1, -0.05) is 18.9 Å². The third-order valence-electron chi connectivity index (χ3n) is 2.47. The number of alkyl carbamates (subject to hydrolysis) is 1. The number of nitrogens with one attached hydrogen (secondary N) is 3. The Morgan fingerprint density at radius 2 is 2.00 bits per heavy atom. The van der Waals surface area contributed by atoms with Gasteiger partial charge in [0, 0.05) is 6.54 Å². The number of urea groups is 1. The number of hydrogen-bond donors (Lipinski definition) is 4. The minimum absolute atomic E-state index is 0.0513. The second-order valence-electron chi connectivity index (χ2n) is 5.56. The van der Waals surface area contributed by atoms with Gasteiger partial charge in [0.2, 0.25) is 0 Å². The van der Waals surface area contributed by atoms with Gasteiger partial charge in [-0.3, -0.25) is 4.72 Å². The van der Waals surface area contributed by atoms with Crippen LogP contribution in [0.3, 0.4) is 0 Å². The lowest BCUT2D eigenvalue weighted by molar-refractivity contribution is 0.0528. The van der Waals surface area contributed by atoms with Crippen LogP contribution in [0.15, 0.2) is 18.2 Å². The lowest BCUT2D eigenvalue weighted by Gasteiger charge is -2.19. The van der Waals surface area contributed by atoms with Gasteiger partial charge in [0.05, 0.1) is 5.69 Å². The zero-order chi connectivity index (χ0) is 16.8. The molecule has 0 saturated carbocycles. The summed E-state index contributed by atoms with van der Waals surface area (Å²) in [4.78, 5) is 22.5. The lowest BCUT2D eigenvalue weighted by atomic mass is 10.1. The molecule has 0 atom stereocenters. The number of carbonyl (C=O) groups excluding carboxylic acids is 2. The molecular formula is C14H20FN3O3S. The quantitative estimate of drug-likeness (QED) is 0.641. The van der Waals surface area contributed by atoms with E-state index in [1.165, 1.54) is 12.1 Å². The van der Waals surface area contributed by atoms with Crippen LogP contribution in [-0.2, 0) is 11.2 Å².